The molecule has 206 valence electrons. The predicted octanol–water partition coefficient (Wildman–Crippen LogP) is 3.59. The maximum atomic E-state index is 13.5. The van der Waals surface area contributed by atoms with Crippen LogP contribution in [0.3, 0.4) is 0 Å². The summed E-state index contributed by atoms with van der Waals surface area (Å²) in [7, 11) is 0. The average molecular weight is 524 g/mol. The Morgan fingerprint density at radius 1 is 0.947 bits per heavy atom. The van der Waals surface area contributed by atoms with Crippen LogP contribution in [0.1, 0.15) is 57.0 Å². The average Bonchev–Trinajstić information content (AvgIpc) is 2.87. The molecule has 0 unspecified atom stereocenters. The molecule has 0 aliphatic carbocycles. The van der Waals surface area contributed by atoms with Crippen molar-refractivity contribution in [2.45, 2.75) is 65.1 Å². The Morgan fingerprint density at radius 2 is 1.58 bits per heavy atom. The number of ether oxygens (including phenoxy) is 2. The van der Waals surface area contributed by atoms with Gasteiger partial charge in [0.05, 0.1) is 24.8 Å². The molecule has 1 saturated heterocycles. The standard InChI is InChI=1S/C30H41N3O5/c1-21(2)19-26(33-15-17-37-18-16-33)28(35)31-25(27(34)32-30(3,4)5)20-22-11-13-24(14-12-22)38-29(36)23-9-7-6-8-10-23/h6-14,21,25-26H,15-20H2,1-5H3,(H,31,35)(H,32,34)/t25-,26-/m0/s1. The van der Waals surface area contributed by atoms with E-state index in [-0.39, 0.29) is 17.9 Å². The molecule has 38 heavy (non-hydrogen) atoms. The SMILES string of the molecule is CC(C)C[C@@H](C(=O)N[C@@H](Cc1ccc(OC(=O)c2ccccc2)cc1)C(=O)NC(C)(C)C)N1CCOCC1. The molecule has 2 N–H and O–H groups in total. The second-order valence-corrected chi connectivity index (χ2v) is 11.2. The molecule has 2 atom stereocenters. The zero-order chi connectivity index (χ0) is 27.7. The monoisotopic (exact) mass is 523 g/mol. The molecule has 1 aliphatic heterocycles. The van der Waals surface area contributed by atoms with E-state index in [9.17, 15) is 14.4 Å². The number of hydrogen-bond acceptors (Lipinski definition) is 6. The van der Waals surface area contributed by atoms with Gasteiger partial charge in [-0.15, -0.1) is 0 Å². The summed E-state index contributed by atoms with van der Waals surface area (Å²) in [5.74, 6) is -0.0978. The first-order valence-corrected chi connectivity index (χ1v) is 13.3. The van der Waals surface area contributed by atoms with Crippen molar-refractivity contribution in [3.63, 3.8) is 0 Å². The summed E-state index contributed by atoms with van der Waals surface area (Å²) >= 11 is 0. The first-order chi connectivity index (χ1) is 18.0. The minimum absolute atomic E-state index is 0.150. The third-order valence-electron chi connectivity index (χ3n) is 6.20. The van der Waals surface area contributed by atoms with E-state index in [0.717, 1.165) is 5.56 Å². The third kappa shape index (κ3) is 9.26. The molecule has 0 radical (unpaired) electrons. The summed E-state index contributed by atoms with van der Waals surface area (Å²) in [4.78, 5) is 41.3. The van der Waals surface area contributed by atoms with E-state index in [1.807, 2.05) is 39.0 Å². The van der Waals surface area contributed by atoms with Crippen molar-refractivity contribution in [1.29, 1.82) is 0 Å². The summed E-state index contributed by atoms with van der Waals surface area (Å²) in [6, 6.07) is 14.7. The van der Waals surface area contributed by atoms with E-state index in [0.29, 0.717) is 56.4 Å². The molecular formula is C30H41N3O5. The van der Waals surface area contributed by atoms with Crippen molar-refractivity contribution in [1.82, 2.24) is 15.5 Å². The van der Waals surface area contributed by atoms with Gasteiger partial charge < -0.3 is 20.1 Å². The Kier molecular flexibility index (Phi) is 10.4. The maximum Gasteiger partial charge on any atom is 0.343 e. The largest absolute Gasteiger partial charge is 0.423 e. The Bertz CT molecular complexity index is 1060. The van der Waals surface area contributed by atoms with E-state index in [1.165, 1.54) is 0 Å². The minimum atomic E-state index is -0.754. The van der Waals surface area contributed by atoms with Gasteiger partial charge in [0.2, 0.25) is 11.8 Å². The van der Waals surface area contributed by atoms with E-state index in [4.69, 9.17) is 9.47 Å². The number of hydrogen-bond donors (Lipinski definition) is 2. The first kappa shape index (κ1) is 29.3. The molecule has 1 fully saturated rings. The lowest BCUT2D eigenvalue weighted by Crippen LogP contribution is -2.58. The molecule has 0 bridgehead atoms. The third-order valence-corrected chi connectivity index (χ3v) is 6.20. The van der Waals surface area contributed by atoms with Crippen molar-refractivity contribution in [3.8, 4) is 5.75 Å². The van der Waals surface area contributed by atoms with Gasteiger partial charge in [-0.2, -0.15) is 0 Å². The number of benzene rings is 2. The fourth-order valence-corrected chi connectivity index (χ4v) is 4.36. The molecule has 8 heteroatoms. The van der Waals surface area contributed by atoms with Crippen LogP contribution in [-0.4, -0.2) is 66.6 Å². The summed E-state index contributed by atoms with van der Waals surface area (Å²) in [5, 5.41) is 6.04. The van der Waals surface area contributed by atoms with Gasteiger partial charge in [0.25, 0.3) is 0 Å². The predicted molar refractivity (Wildman–Crippen MR) is 147 cm³/mol. The van der Waals surface area contributed by atoms with Gasteiger partial charge in [0.15, 0.2) is 0 Å². The second-order valence-electron chi connectivity index (χ2n) is 11.2. The molecular weight excluding hydrogens is 482 g/mol. The first-order valence-electron chi connectivity index (χ1n) is 13.3. The fourth-order valence-electron chi connectivity index (χ4n) is 4.36. The van der Waals surface area contributed by atoms with Crippen molar-refractivity contribution < 1.29 is 23.9 Å². The maximum absolute atomic E-state index is 13.5. The summed E-state index contributed by atoms with van der Waals surface area (Å²) in [6.07, 6.45) is 0.999. The lowest BCUT2D eigenvalue weighted by atomic mass is 9.99. The Labute approximate surface area is 226 Å². The normalized spacial score (nSPS) is 15.9. The van der Waals surface area contributed by atoms with Crippen LogP contribution < -0.4 is 15.4 Å². The number of rotatable bonds is 10. The lowest BCUT2D eigenvalue weighted by molar-refractivity contribution is -0.134. The van der Waals surface area contributed by atoms with Crippen LogP contribution in [0.25, 0.3) is 0 Å². The molecule has 2 amide bonds. The van der Waals surface area contributed by atoms with E-state index < -0.39 is 17.6 Å². The van der Waals surface area contributed by atoms with Crippen molar-refractivity contribution in [3.05, 3.63) is 65.7 Å². The van der Waals surface area contributed by atoms with Crippen molar-refractivity contribution in [2.24, 2.45) is 5.92 Å². The van der Waals surface area contributed by atoms with Gasteiger partial charge >= 0.3 is 5.97 Å². The Hall–Kier alpha value is -3.23. The number of morpholine rings is 1. The highest BCUT2D eigenvalue weighted by atomic mass is 16.5. The van der Waals surface area contributed by atoms with Crippen LogP contribution in [0.4, 0.5) is 0 Å². The highest BCUT2D eigenvalue weighted by Crippen LogP contribution is 2.18. The fraction of sp³-hybridized carbons (Fsp3) is 0.500. The number of carbonyl (C=O) groups is 3. The zero-order valence-electron chi connectivity index (χ0n) is 23.2. The van der Waals surface area contributed by atoms with Gasteiger partial charge in [0.1, 0.15) is 11.8 Å². The van der Waals surface area contributed by atoms with Gasteiger partial charge in [-0.25, -0.2) is 4.79 Å². The van der Waals surface area contributed by atoms with Crippen molar-refractivity contribution in [2.75, 3.05) is 26.3 Å². The molecule has 0 saturated carbocycles. The van der Waals surface area contributed by atoms with Gasteiger partial charge in [-0.3, -0.25) is 14.5 Å². The number of nitrogens with one attached hydrogen (secondary N) is 2. The molecule has 2 aromatic carbocycles. The molecule has 2 aromatic rings. The highest BCUT2D eigenvalue weighted by molar-refractivity contribution is 5.91. The van der Waals surface area contributed by atoms with E-state index in [1.54, 1.807) is 36.4 Å². The van der Waals surface area contributed by atoms with Crippen molar-refractivity contribution >= 4 is 17.8 Å². The van der Waals surface area contributed by atoms with Crippen LogP contribution >= 0.6 is 0 Å². The summed E-state index contributed by atoms with van der Waals surface area (Å²) in [5.41, 5.74) is 0.858. The van der Waals surface area contributed by atoms with E-state index >= 15 is 0 Å². The molecule has 8 nitrogen and oxygen atoms in total. The Balaban J connectivity index is 1.73. The number of amides is 2. The van der Waals surface area contributed by atoms with Crippen LogP contribution in [0, 0.1) is 5.92 Å². The summed E-state index contributed by atoms with van der Waals surface area (Å²) < 4.78 is 10.9. The molecule has 1 heterocycles. The number of carbonyl (C=O) groups excluding carboxylic acids is 3. The number of esters is 1. The van der Waals surface area contributed by atoms with Gasteiger partial charge in [0, 0.05) is 25.0 Å². The quantitative estimate of drug-likeness (QED) is 0.365. The van der Waals surface area contributed by atoms with Crippen LogP contribution in [0.2, 0.25) is 0 Å². The van der Waals surface area contributed by atoms with Gasteiger partial charge in [-0.1, -0.05) is 44.2 Å². The molecule has 3 rings (SSSR count). The topological polar surface area (TPSA) is 97.0 Å². The smallest absolute Gasteiger partial charge is 0.343 e. The highest BCUT2D eigenvalue weighted by Gasteiger charge is 2.32. The molecule has 0 spiro atoms. The zero-order valence-corrected chi connectivity index (χ0v) is 23.2. The van der Waals surface area contributed by atoms with Crippen LogP contribution in [-0.2, 0) is 20.7 Å². The molecule has 0 aromatic heterocycles. The van der Waals surface area contributed by atoms with Crippen LogP contribution in [0.5, 0.6) is 5.75 Å². The van der Waals surface area contributed by atoms with Crippen LogP contribution in [0.15, 0.2) is 54.6 Å². The van der Waals surface area contributed by atoms with E-state index in [2.05, 4.69) is 29.4 Å². The summed E-state index contributed by atoms with van der Waals surface area (Å²) in [6.45, 7) is 12.5. The lowest BCUT2D eigenvalue weighted by Gasteiger charge is -2.35. The molecule has 1 aliphatic rings. The van der Waals surface area contributed by atoms with Gasteiger partial charge in [-0.05, 0) is 62.9 Å². The second kappa shape index (κ2) is 13.5. The Morgan fingerprint density at radius 3 is 2.16 bits per heavy atom. The minimum Gasteiger partial charge on any atom is -0.423 e. The number of nitrogens with zero attached hydrogens (tertiary/aromatic N) is 1.